The molecule has 0 bridgehead atoms. The van der Waals surface area contributed by atoms with E-state index in [1.54, 1.807) is 45.9 Å². The molecule has 0 saturated heterocycles. The van der Waals surface area contributed by atoms with E-state index in [1.807, 2.05) is 0 Å². The molecule has 2 aromatic heterocycles. The third kappa shape index (κ3) is 4.30. The zero-order valence-electron chi connectivity index (χ0n) is 16.4. The van der Waals surface area contributed by atoms with Gasteiger partial charge in [-0.1, -0.05) is 0 Å². The minimum Gasteiger partial charge on any atom is -0.507 e. The first kappa shape index (κ1) is 20.9. The van der Waals surface area contributed by atoms with Gasteiger partial charge < -0.3 is 14.6 Å². The number of carbonyl (C=O) groups excluding carboxylic acids is 2. The lowest BCUT2D eigenvalue weighted by Crippen LogP contribution is -2.03. The summed E-state index contributed by atoms with van der Waals surface area (Å²) < 4.78 is 10.1. The van der Waals surface area contributed by atoms with Crippen LogP contribution in [-0.4, -0.2) is 40.2 Å². The Balaban J connectivity index is 2.00. The van der Waals surface area contributed by atoms with E-state index in [0.29, 0.717) is 43.3 Å². The van der Waals surface area contributed by atoms with E-state index in [2.05, 4.69) is 9.97 Å². The summed E-state index contributed by atoms with van der Waals surface area (Å²) in [4.78, 5) is 33.9. The van der Waals surface area contributed by atoms with Gasteiger partial charge in [-0.15, -0.1) is 22.7 Å². The van der Waals surface area contributed by atoms with Gasteiger partial charge in [0.2, 0.25) is 0 Å². The van der Waals surface area contributed by atoms with Gasteiger partial charge in [0.05, 0.1) is 30.2 Å². The Morgan fingerprint density at radius 3 is 2.00 bits per heavy atom. The van der Waals surface area contributed by atoms with Gasteiger partial charge in [0.1, 0.15) is 25.5 Å². The number of aryl methyl sites for hydroxylation is 2. The van der Waals surface area contributed by atoms with Crippen LogP contribution < -0.4 is 0 Å². The van der Waals surface area contributed by atoms with Crippen molar-refractivity contribution in [2.75, 3.05) is 13.2 Å². The Hall–Kier alpha value is -2.78. The zero-order valence-corrected chi connectivity index (χ0v) is 18.1. The van der Waals surface area contributed by atoms with Crippen molar-refractivity contribution in [2.45, 2.75) is 27.7 Å². The molecule has 7 nitrogen and oxygen atoms in total. The van der Waals surface area contributed by atoms with Crippen LogP contribution in [0.1, 0.15) is 44.6 Å². The van der Waals surface area contributed by atoms with Gasteiger partial charge in [-0.2, -0.15) is 0 Å². The van der Waals surface area contributed by atoms with Crippen LogP contribution in [0.3, 0.4) is 0 Å². The number of aromatic nitrogens is 2. The Bertz CT molecular complexity index is 1070. The molecule has 1 aromatic carbocycles. The van der Waals surface area contributed by atoms with E-state index in [-0.39, 0.29) is 12.4 Å². The summed E-state index contributed by atoms with van der Waals surface area (Å²) in [7, 11) is 0. The molecule has 0 aliphatic heterocycles. The molecule has 0 fully saturated rings. The van der Waals surface area contributed by atoms with Crippen molar-refractivity contribution in [3.63, 3.8) is 0 Å². The van der Waals surface area contributed by atoms with Crippen LogP contribution in [0.4, 0.5) is 0 Å². The van der Waals surface area contributed by atoms with Crippen LogP contribution in [0.2, 0.25) is 0 Å². The molecule has 3 aromatic rings. The summed E-state index contributed by atoms with van der Waals surface area (Å²) in [6, 6.07) is 5.01. The van der Waals surface area contributed by atoms with E-state index < -0.39 is 11.9 Å². The van der Waals surface area contributed by atoms with Crippen LogP contribution >= 0.6 is 22.7 Å². The second-order valence-corrected chi connectivity index (χ2v) is 8.04. The van der Waals surface area contributed by atoms with Crippen LogP contribution in [0.15, 0.2) is 18.2 Å². The normalized spacial score (nSPS) is 10.8. The van der Waals surface area contributed by atoms with E-state index in [0.717, 1.165) is 16.9 Å². The summed E-state index contributed by atoms with van der Waals surface area (Å²) >= 11 is 2.39. The number of esters is 2. The lowest BCUT2D eigenvalue weighted by atomic mass is 10.1. The molecule has 0 radical (unpaired) electrons. The van der Waals surface area contributed by atoms with Crippen LogP contribution in [-0.2, 0) is 9.47 Å². The van der Waals surface area contributed by atoms with Gasteiger partial charge in [-0.05, 0) is 45.9 Å². The maximum Gasteiger partial charge on any atom is 0.350 e. The number of ether oxygens (including phenoxy) is 2. The predicted octanol–water partition coefficient (Wildman–Crippen LogP) is 4.61. The number of hydrogen-bond donors (Lipinski definition) is 1. The van der Waals surface area contributed by atoms with Gasteiger partial charge >= 0.3 is 11.9 Å². The topological polar surface area (TPSA) is 98.6 Å². The van der Waals surface area contributed by atoms with Gasteiger partial charge in [-0.3, -0.25) is 0 Å². The molecule has 9 heteroatoms. The van der Waals surface area contributed by atoms with E-state index in [1.165, 1.54) is 11.3 Å². The third-order valence-corrected chi connectivity index (χ3v) is 6.35. The molecule has 0 aliphatic carbocycles. The number of phenols is 1. The zero-order chi connectivity index (χ0) is 21.1. The number of carbonyl (C=O) groups is 2. The molecule has 29 heavy (non-hydrogen) atoms. The highest BCUT2D eigenvalue weighted by atomic mass is 32.1. The standard InChI is InChI=1S/C20H20N2O5S2/c1-5-26-19(24)15-10(3)21-17(28-15)12-7-8-14(23)13(9-12)18-22-11(4)16(29-18)20(25)27-6-2/h7-9,23H,5-6H2,1-4H3. The number of thiazole rings is 2. The number of benzene rings is 1. The highest BCUT2D eigenvalue weighted by molar-refractivity contribution is 7.17. The monoisotopic (exact) mass is 432 g/mol. The quantitative estimate of drug-likeness (QED) is 0.568. The van der Waals surface area contributed by atoms with Gasteiger partial charge in [0.25, 0.3) is 0 Å². The van der Waals surface area contributed by atoms with Crippen molar-refractivity contribution in [1.29, 1.82) is 0 Å². The minimum atomic E-state index is -0.431. The first-order valence-corrected chi connectivity index (χ1v) is 10.6. The smallest absolute Gasteiger partial charge is 0.350 e. The molecule has 0 saturated carbocycles. The van der Waals surface area contributed by atoms with Crippen LogP contribution in [0.25, 0.3) is 21.1 Å². The summed E-state index contributed by atoms with van der Waals surface area (Å²) in [5.41, 5.74) is 2.35. The van der Waals surface area contributed by atoms with Crippen molar-refractivity contribution in [3.05, 3.63) is 39.3 Å². The lowest BCUT2D eigenvalue weighted by molar-refractivity contribution is 0.0521. The highest BCUT2D eigenvalue weighted by Gasteiger charge is 2.21. The fourth-order valence-corrected chi connectivity index (χ4v) is 4.59. The molecular formula is C20H20N2O5S2. The Morgan fingerprint density at radius 1 is 0.931 bits per heavy atom. The fraction of sp³-hybridized carbons (Fsp3) is 0.300. The SMILES string of the molecule is CCOC(=O)c1sc(-c2ccc(O)c(-c3nc(C)c(C(=O)OCC)s3)c2)nc1C. The number of rotatable bonds is 6. The Labute approximate surface area is 176 Å². The average Bonchev–Trinajstić information content (AvgIpc) is 3.25. The van der Waals surface area contributed by atoms with Crippen molar-refractivity contribution < 1.29 is 24.2 Å². The maximum atomic E-state index is 12.1. The Kier molecular flexibility index (Phi) is 6.29. The molecule has 1 N–H and O–H groups in total. The fourth-order valence-electron chi connectivity index (χ4n) is 2.64. The van der Waals surface area contributed by atoms with Crippen molar-refractivity contribution in [1.82, 2.24) is 9.97 Å². The summed E-state index contributed by atoms with van der Waals surface area (Å²) in [6.07, 6.45) is 0. The first-order valence-electron chi connectivity index (χ1n) is 8.98. The molecule has 3 rings (SSSR count). The molecular weight excluding hydrogens is 412 g/mol. The van der Waals surface area contributed by atoms with Crippen LogP contribution in [0, 0.1) is 13.8 Å². The molecule has 0 amide bonds. The summed E-state index contributed by atoms with van der Waals surface area (Å²) in [5.74, 6) is -0.793. The molecule has 2 heterocycles. The average molecular weight is 433 g/mol. The molecule has 0 spiro atoms. The van der Waals surface area contributed by atoms with Gasteiger partial charge in [0.15, 0.2) is 0 Å². The second-order valence-electron chi connectivity index (χ2n) is 6.04. The highest BCUT2D eigenvalue weighted by Crippen LogP contribution is 2.38. The summed E-state index contributed by atoms with van der Waals surface area (Å²) in [5, 5.41) is 11.5. The van der Waals surface area contributed by atoms with Gasteiger partial charge in [0, 0.05) is 5.56 Å². The van der Waals surface area contributed by atoms with Gasteiger partial charge in [-0.25, -0.2) is 19.6 Å². The van der Waals surface area contributed by atoms with E-state index >= 15 is 0 Å². The number of nitrogens with zero attached hydrogens (tertiary/aromatic N) is 2. The van der Waals surface area contributed by atoms with Crippen molar-refractivity contribution in [3.8, 4) is 26.9 Å². The number of hydrogen-bond acceptors (Lipinski definition) is 9. The number of phenolic OH excluding ortho intramolecular Hbond substituents is 1. The largest absolute Gasteiger partial charge is 0.507 e. The summed E-state index contributed by atoms with van der Waals surface area (Å²) in [6.45, 7) is 7.54. The molecule has 0 aliphatic rings. The second kappa shape index (κ2) is 8.71. The van der Waals surface area contributed by atoms with Crippen LogP contribution in [0.5, 0.6) is 5.75 Å². The third-order valence-electron chi connectivity index (χ3n) is 3.99. The minimum absolute atomic E-state index is 0.0387. The van der Waals surface area contributed by atoms with Crippen molar-refractivity contribution >= 4 is 34.6 Å². The van der Waals surface area contributed by atoms with E-state index in [9.17, 15) is 14.7 Å². The maximum absolute atomic E-state index is 12.1. The molecule has 152 valence electrons. The number of aromatic hydroxyl groups is 1. The van der Waals surface area contributed by atoms with E-state index in [4.69, 9.17) is 9.47 Å². The Morgan fingerprint density at radius 2 is 1.45 bits per heavy atom. The lowest BCUT2D eigenvalue weighted by Gasteiger charge is -2.04. The molecule has 0 unspecified atom stereocenters. The first-order chi connectivity index (χ1) is 13.8. The van der Waals surface area contributed by atoms with Crippen molar-refractivity contribution in [2.24, 2.45) is 0 Å². The molecule has 0 atom stereocenters. The predicted molar refractivity (Wildman–Crippen MR) is 112 cm³/mol.